The van der Waals surface area contributed by atoms with Crippen LogP contribution in [0.5, 0.6) is 5.06 Å². The number of thiophene rings is 1. The van der Waals surface area contributed by atoms with Crippen LogP contribution in [-0.4, -0.2) is 7.11 Å². The van der Waals surface area contributed by atoms with Gasteiger partial charge in [0.05, 0.1) is 7.11 Å². The molecule has 0 aliphatic rings. The summed E-state index contributed by atoms with van der Waals surface area (Å²) in [4.78, 5) is 0. The van der Waals surface area contributed by atoms with E-state index in [2.05, 4.69) is 0 Å². The maximum atomic E-state index is 5.38. The molecular weight excluding hydrogens is 122 g/mol. The predicted molar refractivity (Wildman–Crippen MR) is 35.3 cm³/mol. The Morgan fingerprint density at radius 1 is 1.75 bits per heavy atom. The number of hydrogen-bond donors (Lipinski definition) is 1. The van der Waals surface area contributed by atoms with Crippen molar-refractivity contribution in [1.82, 2.24) is 0 Å². The topological polar surface area (TPSA) is 35.2 Å². The molecule has 2 nitrogen and oxygen atoms in total. The number of methoxy groups -OCH3 is 1. The highest BCUT2D eigenvalue weighted by atomic mass is 32.1. The Morgan fingerprint density at radius 2 is 2.50 bits per heavy atom. The lowest BCUT2D eigenvalue weighted by Crippen LogP contribution is -1.78. The summed E-state index contributed by atoms with van der Waals surface area (Å²) in [5.41, 5.74) is 6.15. The molecule has 0 aromatic carbocycles. The standard InChI is InChI=1S/C5H7NOS/c1-7-5-2-4(6)3-8-5/h2-3H,6H2,1H3. The minimum Gasteiger partial charge on any atom is -0.487 e. The van der Waals surface area contributed by atoms with Crippen LogP contribution in [0.2, 0.25) is 0 Å². The minimum atomic E-state index is 0.770. The second-order valence-electron chi connectivity index (χ2n) is 1.40. The van der Waals surface area contributed by atoms with E-state index in [-0.39, 0.29) is 0 Å². The van der Waals surface area contributed by atoms with E-state index in [0.717, 1.165) is 10.8 Å². The summed E-state index contributed by atoms with van der Waals surface area (Å²) in [6.45, 7) is 0. The fourth-order valence-corrected chi connectivity index (χ4v) is 1.06. The Morgan fingerprint density at radius 3 is 2.75 bits per heavy atom. The van der Waals surface area contributed by atoms with Gasteiger partial charge in [0.2, 0.25) is 0 Å². The van der Waals surface area contributed by atoms with E-state index in [1.807, 2.05) is 5.38 Å². The van der Waals surface area contributed by atoms with Gasteiger partial charge in [-0.2, -0.15) is 0 Å². The molecule has 8 heavy (non-hydrogen) atoms. The molecule has 1 rings (SSSR count). The third kappa shape index (κ3) is 0.924. The van der Waals surface area contributed by atoms with Crippen LogP contribution >= 0.6 is 11.3 Å². The highest BCUT2D eigenvalue weighted by molar-refractivity contribution is 7.12. The molecule has 1 aromatic heterocycles. The lowest BCUT2D eigenvalue weighted by Gasteiger charge is -1.86. The Bertz CT molecular complexity index is 173. The Kier molecular flexibility index (Phi) is 1.39. The van der Waals surface area contributed by atoms with Crippen LogP contribution in [0.1, 0.15) is 0 Å². The highest BCUT2D eigenvalue weighted by Crippen LogP contribution is 2.23. The summed E-state index contributed by atoms with van der Waals surface area (Å²) in [6, 6.07) is 1.80. The molecular formula is C5H7NOS. The van der Waals surface area contributed by atoms with Crippen LogP contribution in [0.3, 0.4) is 0 Å². The van der Waals surface area contributed by atoms with Crippen molar-refractivity contribution in [3.63, 3.8) is 0 Å². The van der Waals surface area contributed by atoms with Crippen LogP contribution in [0, 0.1) is 0 Å². The number of rotatable bonds is 1. The van der Waals surface area contributed by atoms with Gasteiger partial charge in [0.25, 0.3) is 0 Å². The van der Waals surface area contributed by atoms with Gasteiger partial charge in [-0.3, -0.25) is 0 Å². The maximum Gasteiger partial charge on any atom is 0.175 e. The fourth-order valence-electron chi connectivity index (χ4n) is 0.437. The van der Waals surface area contributed by atoms with Gasteiger partial charge >= 0.3 is 0 Å². The number of anilines is 1. The number of nitrogens with two attached hydrogens (primary N) is 1. The van der Waals surface area contributed by atoms with Gasteiger partial charge in [-0.1, -0.05) is 0 Å². The SMILES string of the molecule is COc1cc(N)cs1. The molecule has 0 saturated carbocycles. The molecule has 1 heterocycles. The molecule has 0 radical (unpaired) electrons. The monoisotopic (exact) mass is 129 g/mol. The molecule has 0 fully saturated rings. The Hall–Kier alpha value is -0.700. The first kappa shape index (κ1) is 5.44. The average molecular weight is 129 g/mol. The highest BCUT2D eigenvalue weighted by Gasteiger charge is 1.91. The molecule has 0 atom stereocenters. The predicted octanol–water partition coefficient (Wildman–Crippen LogP) is 1.34. The van der Waals surface area contributed by atoms with Gasteiger partial charge in [-0.15, -0.1) is 11.3 Å². The molecule has 0 unspecified atom stereocenters. The molecule has 44 valence electrons. The molecule has 0 bridgehead atoms. The number of nitrogen functional groups attached to an aromatic ring is 1. The second kappa shape index (κ2) is 2.05. The van der Waals surface area contributed by atoms with Crippen molar-refractivity contribution in [2.45, 2.75) is 0 Å². The fraction of sp³-hybridized carbons (Fsp3) is 0.200. The van der Waals surface area contributed by atoms with Crippen LogP contribution in [0.25, 0.3) is 0 Å². The molecule has 0 aliphatic carbocycles. The zero-order valence-electron chi connectivity index (χ0n) is 4.55. The molecule has 3 heteroatoms. The van der Waals surface area contributed by atoms with Crippen LogP contribution < -0.4 is 10.5 Å². The van der Waals surface area contributed by atoms with Crippen molar-refractivity contribution < 1.29 is 4.74 Å². The van der Waals surface area contributed by atoms with Crippen molar-refractivity contribution in [2.24, 2.45) is 0 Å². The van der Waals surface area contributed by atoms with E-state index in [1.165, 1.54) is 11.3 Å². The normalized spacial score (nSPS) is 9.12. The molecule has 2 N–H and O–H groups in total. The van der Waals surface area contributed by atoms with E-state index in [9.17, 15) is 0 Å². The summed E-state index contributed by atoms with van der Waals surface area (Å²) in [5, 5.41) is 2.71. The van der Waals surface area contributed by atoms with Crippen molar-refractivity contribution in [3.05, 3.63) is 11.4 Å². The van der Waals surface area contributed by atoms with Crippen molar-refractivity contribution >= 4 is 17.0 Å². The summed E-state index contributed by atoms with van der Waals surface area (Å²) >= 11 is 1.50. The van der Waals surface area contributed by atoms with Crippen molar-refractivity contribution in [1.29, 1.82) is 0 Å². The van der Waals surface area contributed by atoms with Gasteiger partial charge < -0.3 is 10.5 Å². The maximum absolute atomic E-state index is 5.38. The molecule has 1 aromatic rings. The summed E-state index contributed by atoms with van der Waals surface area (Å²) in [6.07, 6.45) is 0. The van der Waals surface area contributed by atoms with Gasteiger partial charge in [0.1, 0.15) is 0 Å². The van der Waals surface area contributed by atoms with Gasteiger partial charge in [-0.25, -0.2) is 0 Å². The molecule has 0 spiro atoms. The van der Waals surface area contributed by atoms with E-state index in [4.69, 9.17) is 10.5 Å². The summed E-state index contributed by atoms with van der Waals surface area (Å²) < 4.78 is 4.87. The molecule has 0 amide bonds. The smallest absolute Gasteiger partial charge is 0.175 e. The van der Waals surface area contributed by atoms with Crippen LogP contribution in [-0.2, 0) is 0 Å². The number of hydrogen-bond acceptors (Lipinski definition) is 3. The largest absolute Gasteiger partial charge is 0.487 e. The minimum absolute atomic E-state index is 0.770. The van der Waals surface area contributed by atoms with Gasteiger partial charge in [-0.05, 0) is 0 Å². The quantitative estimate of drug-likeness (QED) is 0.621. The molecule has 0 saturated heterocycles. The zero-order chi connectivity index (χ0) is 5.98. The first-order valence-corrected chi connectivity index (χ1v) is 3.09. The lowest BCUT2D eigenvalue weighted by molar-refractivity contribution is 0.427. The van der Waals surface area contributed by atoms with Crippen molar-refractivity contribution in [2.75, 3.05) is 12.8 Å². The van der Waals surface area contributed by atoms with Crippen LogP contribution in [0.15, 0.2) is 11.4 Å². The third-order valence-corrected chi connectivity index (χ3v) is 1.70. The van der Waals surface area contributed by atoms with Crippen molar-refractivity contribution in [3.8, 4) is 5.06 Å². The first-order valence-electron chi connectivity index (χ1n) is 2.21. The summed E-state index contributed by atoms with van der Waals surface area (Å²) in [5.74, 6) is 0. The molecule has 0 aliphatic heterocycles. The summed E-state index contributed by atoms with van der Waals surface area (Å²) in [7, 11) is 1.63. The van der Waals surface area contributed by atoms with Crippen LogP contribution in [0.4, 0.5) is 5.69 Å². The third-order valence-electron chi connectivity index (χ3n) is 0.797. The van der Waals surface area contributed by atoms with E-state index in [0.29, 0.717) is 0 Å². The second-order valence-corrected chi connectivity index (χ2v) is 2.28. The lowest BCUT2D eigenvalue weighted by atomic mass is 10.5. The Balaban J connectivity index is 2.84. The zero-order valence-corrected chi connectivity index (χ0v) is 5.37. The number of ether oxygens (including phenoxy) is 1. The first-order chi connectivity index (χ1) is 3.83. The average Bonchev–Trinajstić information content (AvgIpc) is 2.14. The van der Waals surface area contributed by atoms with E-state index < -0.39 is 0 Å². The van der Waals surface area contributed by atoms with Gasteiger partial charge in [0.15, 0.2) is 5.06 Å². The van der Waals surface area contributed by atoms with E-state index >= 15 is 0 Å². The Labute approximate surface area is 51.9 Å². The van der Waals surface area contributed by atoms with E-state index in [1.54, 1.807) is 13.2 Å². The van der Waals surface area contributed by atoms with Gasteiger partial charge in [0, 0.05) is 17.1 Å².